The smallest absolute Gasteiger partial charge is 0.312 e. The van der Waals surface area contributed by atoms with Gasteiger partial charge in [-0.1, -0.05) is 17.3 Å². The van der Waals surface area contributed by atoms with Crippen molar-refractivity contribution < 1.29 is 14.2 Å². The molecule has 0 saturated carbocycles. The molecule has 0 amide bonds. The van der Waals surface area contributed by atoms with Crippen LogP contribution < -0.4 is 4.74 Å². The minimum absolute atomic E-state index is 0.00132. The molecule has 0 spiro atoms. The molecular weight excluding hydrogens is 326 g/mol. The molecule has 9 nitrogen and oxygen atoms in total. The molecule has 2 aromatic heterocycles. The summed E-state index contributed by atoms with van der Waals surface area (Å²) in [5, 5.41) is 19.2. The Bertz CT molecular complexity index is 915. The number of nitro groups is 1. The Morgan fingerprint density at radius 1 is 1.32 bits per heavy atom. The molecule has 0 saturated heterocycles. The molecule has 9 heteroatoms. The number of aryl methyl sites for hydroxylation is 1. The van der Waals surface area contributed by atoms with Gasteiger partial charge in [0.2, 0.25) is 11.7 Å². The molecule has 2 heterocycles. The summed E-state index contributed by atoms with van der Waals surface area (Å²) in [5.41, 5.74) is 1.51. The van der Waals surface area contributed by atoms with Crippen molar-refractivity contribution in [2.24, 2.45) is 0 Å². The van der Waals surface area contributed by atoms with Crippen molar-refractivity contribution in [3.05, 3.63) is 51.7 Å². The van der Waals surface area contributed by atoms with E-state index in [0.717, 1.165) is 5.56 Å². The van der Waals surface area contributed by atoms with Crippen molar-refractivity contribution in [3.8, 4) is 17.1 Å². The van der Waals surface area contributed by atoms with E-state index in [1.807, 2.05) is 31.2 Å². The van der Waals surface area contributed by atoms with Crippen molar-refractivity contribution in [2.75, 3.05) is 6.61 Å². The third-order valence-corrected chi connectivity index (χ3v) is 3.71. The van der Waals surface area contributed by atoms with Gasteiger partial charge < -0.3 is 9.26 Å². The van der Waals surface area contributed by atoms with Crippen LogP contribution in [-0.2, 0) is 6.54 Å². The van der Waals surface area contributed by atoms with Crippen LogP contribution in [0.1, 0.15) is 24.2 Å². The SMILES string of the molecule is CCOc1ccccc1-c1noc(Cn2nc(C)c([N+](=O)[O-])c2C)n1. The van der Waals surface area contributed by atoms with Crippen LogP contribution in [-0.4, -0.2) is 31.5 Å². The Balaban J connectivity index is 1.89. The molecule has 0 N–H and O–H groups in total. The van der Waals surface area contributed by atoms with Gasteiger partial charge in [0.05, 0.1) is 17.1 Å². The van der Waals surface area contributed by atoms with E-state index in [2.05, 4.69) is 15.2 Å². The van der Waals surface area contributed by atoms with Crippen LogP contribution in [0.15, 0.2) is 28.8 Å². The number of hydrogen-bond acceptors (Lipinski definition) is 7. The molecule has 0 radical (unpaired) electrons. The van der Waals surface area contributed by atoms with Crippen molar-refractivity contribution in [1.29, 1.82) is 0 Å². The van der Waals surface area contributed by atoms with Gasteiger partial charge in [0.1, 0.15) is 23.7 Å². The van der Waals surface area contributed by atoms with Gasteiger partial charge in [0.15, 0.2) is 0 Å². The molecule has 0 aliphatic rings. The fraction of sp³-hybridized carbons (Fsp3) is 0.312. The molecule has 0 fully saturated rings. The van der Waals surface area contributed by atoms with Gasteiger partial charge in [0, 0.05) is 0 Å². The summed E-state index contributed by atoms with van der Waals surface area (Å²) in [6.45, 7) is 5.81. The lowest BCUT2D eigenvalue weighted by molar-refractivity contribution is -0.386. The Morgan fingerprint density at radius 3 is 2.76 bits per heavy atom. The second-order valence-corrected chi connectivity index (χ2v) is 5.38. The third-order valence-electron chi connectivity index (χ3n) is 3.71. The number of aromatic nitrogens is 4. The molecule has 0 bridgehead atoms. The van der Waals surface area contributed by atoms with E-state index >= 15 is 0 Å². The fourth-order valence-electron chi connectivity index (χ4n) is 2.59. The van der Waals surface area contributed by atoms with Crippen LogP contribution >= 0.6 is 0 Å². The van der Waals surface area contributed by atoms with Gasteiger partial charge in [-0.3, -0.25) is 14.8 Å². The van der Waals surface area contributed by atoms with Crippen molar-refractivity contribution >= 4 is 5.69 Å². The highest BCUT2D eigenvalue weighted by Gasteiger charge is 2.23. The highest BCUT2D eigenvalue weighted by Crippen LogP contribution is 2.28. The first-order valence-corrected chi connectivity index (χ1v) is 7.74. The van der Waals surface area contributed by atoms with Crippen LogP contribution in [0.2, 0.25) is 0 Å². The summed E-state index contributed by atoms with van der Waals surface area (Å²) in [6.07, 6.45) is 0. The number of nitrogens with zero attached hydrogens (tertiary/aromatic N) is 5. The van der Waals surface area contributed by atoms with E-state index in [1.165, 1.54) is 4.68 Å². The maximum Gasteiger partial charge on any atom is 0.312 e. The second kappa shape index (κ2) is 6.71. The fourth-order valence-corrected chi connectivity index (χ4v) is 2.59. The average molecular weight is 343 g/mol. The Hall–Kier alpha value is -3.23. The summed E-state index contributed by atoms with van der Waals surface area (Å²) in [4.78, 5) is 15.0. The van der Waals surface area contributed by atoms with E-state index in [4.69, 9.17) is 9.26 Å². The third kappa shape index (κ3) is 3.21. The number of benzene rings is 1. The standard InChI is InChI=1S/C16H17N5O4/c1-4-24-13-8-6-5-7-12(13)16-17-14(25-19-16)9-20-11(3)15(21(22)23)10(2)18-20/h5-8H,4,9H2,1-3H3. The molecule has 0 atom stereocenters. The van der Waals surface area contributed by atoms with Crippen molar-refractivity contribution in [3.63, 3.8) is 0 Å². The van der Waals surface area contributed by atoms with Crippen molar-refractivity contribution in [2.45, 2.75) is 27.3 Å². The lowest BCUT2D eigenvalue weighted by Crippen LogP contribution is -2.04. The predicted octanol–water partition coefficient (Wildman–Crippen LogP) is 2.91. The molecule has 0 aliphatic carbocycles. The van der Waals surface area contributed by atoms with Crippen LogP contribution in [0.4, 0.5) is 5.69 Å². The highest BCUT2D eigenvalue weighted by atomic mass is 16.6. The maximum absolute atomic E-state index is 11.1. The van der Waals surface area contributed by atoms with Crippen LogP contribution in [0.25, 0.3) is 11.4 Å². The zero-order valence-electron chi connectivity index (χ0n) is 14.1. The minimum atomic E-state index is -0.439. The van der Waals surface area contributed by atoms with E-state index < -0.39 is 4.92 Å². The summed E-state index contributed by atoms with van der Waals surface area (Å²) < 4.78 is 12.3. The van der Waals surface area contributed by atoms with Gasteiger partial charge in [-0.2, -0.15) is 10.1 Å². The van der Waals surface area contributed by atoms with Gasteiger partial charge in [-0.15, -0.1) is 0 Å². The minimum Gasteiger partial charge on any atom is -0.493 e. The highest BCUT2D eigenvalue weighted by molar-refractivity contribution is 5.63. The van der Waals surface area contributed by atoms with Crippen LogP contribution in [0.3, 0.4) is 0 Å². The Kier molecular flexibility index (Phi) is 4.46. The predicted molar refractivity (Wildman–Crippen MR) is 88.4 cm³/mol. The van der Waals surface area contributed by atoms with Gasteiger partial charge >= 0.3 is 5.69 Å². The van der Waals surface area contributed by atoms with Crippen LogP contribution in [0.5, 0.6) is 5.75 Å². The van der Waals surface area contributed by atoms with Gasteiger partial charge in [-0.05, 0) is 32.9 Å². The molecular formula is C16H17N5O4. The zero-order chi connectivity index (χ0) is 18.0. The topological polar surface area (TPSA) is 109 Å². The largest absolute Gasteiger partial charge is 0.493 e. The number of ether oxygens (including phenoxy) is 1. The normalized spacial score (nSPS) is 10.8. The van der Waals surface area contributed by atoms with Gasteiger partial charge in [-0.25, -0.2) is 0 Å². The molecule has 3 rings (SSSR count). The zero-order valence-corrected chi connectivity index (χ0v) is 14.1. The Labute approximate surface area is 143 Å². The van der Waals surface area contributed by atoms with E-state index in [1.54, 1.807) is 13.8 Å². The lowest BCUT2D eigenvalue weighted by Gasteiger charge is -2.06. The summed E-state index contributed by atoms with van der Waals surface area (Å²) >= 11 is 0. The van der Waals surface area contributed by atoms with E-state index in [9.17, 15) is 10.1 Å². The monoisotopic (exact) mass is 343 g/mol. The quantitative estimate of drug-likeness (QED) is 0.500. The molecule has 0 unspecified atom stereocenters. The molecule has 0 aliphatic heterocycles. The Morgan fingerprint density at radius 2 is 2.08 bits per heavy atom. The van der Waals surface area contributed by atoms with Crippen molar-refractivity contribution in [1.82, 2.24) is 19.9 Å². The number of hydrogen-bond donors (Lipinski definition) is 0. The first-order valence-electron chi connectivity index (χ1n) is 7.74. The summed E-state index contributed by atoms with van der Waals surface area (Å²) in [7, 11) is 0. The van der Waals surface area contributed by atoms with E-state index in [-0.39, 0.29) is 12.2 Å². The lowest BCUT2D eigenvalue weighted by atomic mass is 10.2. The summed E-state index contributed by atoms with van der Waals surface area (Å²) in [6, 6.07) is 7.40. The molecule has 25 heavy (non-hydrogen) atoms. The van der Waals surface area contributed by atoms with E-state index in [0.29, 0.717) is 35.5 Å². The number of rotatable bonds is 6. The second-order valence-electron chi connectivity index (χ2n) is 5.38. The number of para-hydroxylation sites is 1. The average Bonchev–Trinajstić information content (AvgIpc) is 3.13. The maximum atomic E-state index is 11.1. The molecule has 3 aromatic rings. The van der Waals surface area contributed by atoms with Gasteiger partial charge in [0.25, 0.3) is 0 Å². The van der Waals surface area contributed by atoms with Crippen LogP contribution in [0, 0.1) is 24.0 Å². The first-order chi connectivity index (χ1) is 12.0. The first kappa shape index (κ1) is 16.6. The summed E-state index contributed by atoms with van der Waals surface area (Å²) in [5.74, 6) is 1.37. The molecule has 1 aromatic carbocycles. The molecule has 130 valence electrons.